The molecular weight excluding hydrogens is 830 g/mol. The Morgan fingerprint density at radius 1 is 0.737 bits per heavy atom. The van der Waals surface area contributed by atoms with Gasteiger partial charge in [0.25, 0.3) is 0 Å². The van der Waals surface area contributed by atoms with Gasteiger partial charge in [-0.2, -0.15) is 69.9 Å². The molecule has 1 unspecified atom stereocenters. The monoisotopic (exact) mass is 868 g/mol. The second-order valence-corrected chi connectivity index (χ2v) is 18.6. The normalized spacial score (nSPS) is 33.8. The van der Waals surface area contributed by atoms with Gasteiger partial charge in [-0.15, -0.1) is 0 Å². The minimum absolute atomic E-state index is 0.0153. The lowest BCUT2D eigenvalue weighted by Crippen LogP contribution is -2.65. The van der Waals surface area contributed by atoms with E-state index in [1.54, 1.807) is 0 Å². The molecule has 1 heterocycles. The quantitative estimate of drug-likeness (QED) is 0.160. The molecule has 1 aromatic rings. The van der Waals surface area contributed by atoms with Crippen molar-refractivity contribution in [3.05, 3.63) is 41.0 Å². The van der Waals surface area contributed by atoms with Gasteiger partial charge in [0.2, 0.25) is 0 Å². The van der Waals surface area contributed by atoms with E-state index in [0.29, 0.717) is 23.3 Å². The molecule has 1 spiro atoms. The van der Waals surface area contributed by atoms with E-state index in [9.17, 15) is 71.3 Å². The van der Waals surface area contributed by atoms with Crippen molar-refractivity contribution in [2.75, 3.05) is 13.2 Å². The molecule has 324 valence electrons. The fraction of sp³-hybridized carbons (Fsp3) is 0.771. The van der Waals surface area contributed by atoms with E-state index in [0.717, 1.165) is 19.1 Å². The van der Waals surface area contributed by atoms with Crippen LogP contribution in [0, 0.1) is 22.7 Å². The van der Waals surface area contributed by atoms with Crippen molar-refractivity contribution < 1.29 is 93.8 Å². The zero-order valence-corrected chi connectivity index (χ0v) is 31.1. The maximum Gasteiger partial charge on any atom is 0.460 e. The van der Waals surface area contributed by atoms with Crippen LogP contribution in [0.5, 0.6) is 5.75 Å². The minimum Gasteiger partial charge on any atom is -0.389 e. The average Bonchev–Trinajstić information content (AvgIpc) is 3.35. The van der Waals surface area contributed by atoms with Crippen LogP contribution >= 0.6 is 0 Å². The molecule has 1 aromatic carbocycles. The second-order valence-electron chi connectivity index (χ2n) is 17.0. The van der Waals surface area contributed by atoms with Gasteiger partial charge in [-0.25, -0.2) is 0 Å². The molecule has 6 rings (SSSR count). The summed E-state index contributed by atoms with van der Waals surface area (Å²) < 4.78 is 234. The lowest BCUT2D eigenvalue weighted by Gasteiger charge is -2.59. The number of aliphatic hydroxyl groups is 2. The van der Waals surface area contributed by atoms with Gasteiger partial charge in [0.15, 0.2) is 5.79 Å². The van der Waals surface area contributed by atoms with Gasteiger partial charge < -0.3 is 23.9 Å². The van der Waals surface area contributed by atoms with Gasteiger partial charge in [-0.1, -0.05) is 44.1 Å². The van der Waals surface area contributed by atoms with Gasteiger partial charge in [0.05, 0.1) is 18.8 Å². The third kappa shape index (κ3) is 6.28. The molecule has 2 saturated carbocycles. The summed E-state index contributed by atoms with van der Waals surface area (Å²) in [6.07, 6.45) is -15.2. The Morgan fingerprint density at radius 3 is 1.81 bits per heavy atom. The van der Waals surface area contributed by atoms with E-state index in [1.165, 1.54) is 0 Å². The highest BCUT2D eigenvalue weighted by Crippen LogP contribution is 2.71. The molecule has 4 aliphatic carbocycles. The van der Waals surface area contributed by atoms with E-state index in [1.807, 2.05) is 13.8 Å². The molecule has 0 aromatic heterocycles. The fourth-order valence-electron chi connectivity index (χ4n) is 9.71. The Kier molecular flexibility index (Phi) is 9.91. The van der Waals surface area contributed by atoms with Crippen LogP contribution in [0.25, 0.3) is 0 Å². The summed E-state index contributed by atoms with van der Waals surface area (Å²) in [6.45, 7) is 5.40. The Bertz CT molecular complexity index is 1890. The maximum absolute atomic E-state index is 15.3. The summed E-state index contributed by atoms with van der Waals surface area (Å²) >= 11 is 0. The van der Waals surface area contributed by atoms with E-state index in [-0.39, 0.29) is 62.7 Å². The second kappa shape index (κ2) is 12.8. The molecule has 1 saturated heterocycles. The number of allylic oxidation sites excluding steroid dienone is 1. The molecule has 6 atom stereocenters. The molecule has 0 bridgehead atoms. The Labute approximate surface area is 316 Å². The van der Waals surface area contributed by atoms with Crippen LogP contribution in [0.2, 0.25) is 0 Å². The number of fused-ring (bicyclic) bond motifs is 4. The van der Waals surface area contributed by atoms with Crippen molar-refractivity contribution >= 4 is 10.1 Å². The van der Waals surface area contributed by atoms with Crippen LogP contribution in [0.4, 0.5) is 61.5 Å². The van der Waals surface area contributed by atoms with Gasteiger partial charge in [0, 0.05) is 35.5 Å². The first-order valence-electron chi connectivity index (χ1n) is 17.7. The molecule has 22 heteroatoms. The third-order valence-corrected chi connectivity index (χ3v) is 14.1. The zero-order valence-electron chi connectivity index (χ0n) is 30.2. The SMILES string of the molecule is CC1(C)COC2(CCC3C4=C(CC[C@@]3(O)C2)[C@@H]2CC[C@@](O)(C(F)(F)C(F)(F)F)[C@@]2(C)C[C@@H]4c2ccc(OS(=O)(=O)C(F)(F)C(F)(F)C(F)(F)C(F)(F)F)cc2)OC1. The van der Waals surface area contributed by atoms with Crippen molar-refractivity contribution in [1.82, 2.24) is 0 Å². The van der Waals surface area contributed by atoms with Crippen molar-refractivity contribution in [1.29, 1.82) is 0 Å². The molecule has 5 aliphatic rings. The number of hydrogen-bond donors (Lipinski definition) is 2. The number of alkyl halides is 14. The smallest absolute Gasteiger partial charge is 0.389 e. The van der Waals surface area contributed by atoms with Gasteiger partial charge in [-0.3, -0.25) is 0 Å². The maximum atomic E-state index is 15.3. The minimum atomic E-state index is -7.58. The number of rotatable bonds is 7. The summed E-state index contributed by atoms with van der Waals surface area (Å²) in [6, 6.07) is 2.74. The van der Waals surface area contributed by atoms with Gasteiger partial charge in [0.1, 0.15) is 11.4 Å². The lowest BCUT2D eigenvalue weighted by molar-refractivity contribution is -0.382. The van der Waals surface area contributed by atoms with Crippen molar-refractivity contribution in [3.8, 4) is 5.75 Å². The summed E-state index contributed by atoms with van der Waals surface area (Å²) in [4.78, 5) is 0. The third-order valence-electron chi connectivity index (χ3n) is 12.8. The zero-order chi connectivity index (χ0) is 43.1. The lowest BCUT2D eigenvalue weighted by atomic mass is 9.50. The van der Waals surface area contributed by atoms with Gasteiger partial charge >= 0.3 is 45.5 Å². The van der Waals surface area contributed by atoms with Crippen molar-refractivity contribution in [2.45, 2.75) is 130 Å². The Morgan fingerprint density at radius 2 is 1.28 bits per heavy atom. The van der Waals surface area contributed by atoms with Crippen molar-refractivity contribution in [3.63, 3.8) is 0 Å². The van der Waals surface area contributed by atoms with E-state index >= 15 is 8.78 Å². The number of halogens is 14. The van der Waals surface area contributed by atoms with Crippen LogP contribution in [0.15, 0.2) is 35.4 Å². The summed E-state index contributed by atoms with van der Waals surface area (Å²) in [5.74, 6) is -26.4. The Balaban J connectivity index is 1.40. The topological polar surface area (TPSA) is 102 Å². The predicted octanol–water partition coefficient (Wildman–Crippen LogP) is 9.04. The molecule has 3 fully saturated rings. The molecule has 57 heavy (non-hydrogen) atoms. The van der Waals surface area contributed by atoms with E-state index < -0.39 is 104 Å². The largest absolute Gasteiger partial charge is 0.460 e. The molecule has 1 aliphatic heterocycles. The number of ether oxygens (including phenoxy) is 2. The molecule has 7 nitrogen and oxygen atoms in total. The summed E-state index contributed by atoms with van der Waals surface area (Å²) in [5.41, 5.74) is -7.13. The van der Waals surface area contributed by atoms with Crippen LogP contribution < -0.4 is 4.18 Å². The van der Waals surface area contributed by atoms with Crippen LogP contribution in [0.3, 0.4) is 0 Å². The molecular formula is C35H38F14O7S. The first kappa shape index (κ1) is 44.1. The average molecular weight is 869 g/mol. The van der Waals surface area contributed by atoms with Gasteiger partial charge in [-0.05, 0) is 62.1 Å². The van der Waals surface area contributed by atoms with E-state index in [2.05, 4.69) is 4.18 Å². The summed E-state index contributed by atoms with van der Waals surface area (Å²) in [7, 11) is -7.34. The Hall–Kier alpha value is -2.43. The van der Waals surface area contributed by atoms with Crippen molar-refractivity contribution in [2.24, 2.45) is 22.7 Å². The standard InChI is InChI=1S/C35H38F14O7S/c1-25(2)16-54-28(55-17-25)12-9-23-24-20(8-11-27(23,50)15-28)22-10-13-29(51,30(36,37)33(42,43)44)26(22,3)14-21(24)18-4-6-19(7-5-18)56-57(52,53)35(48,49)32(40,41)31(38,39)34(45,46)47/h4-7,21-23,50-51H,8-17H2,1-3H3/t21-,22+,23?,26+,27-,29+/m1/s1. The molecule has 0 radical (unpaired) electrons. The molecule has 0 amide bonds. The van der Waals surface area contributed by atoms with Crippen LogP contribution in [0.1, 0.15) is 83.6 Å². The first-order valence-corrected chi connectivity index (χ1v) is 19.1. The number of benzene rings is 1. The van der Waals surface area contributed by atoms with Crippen LogP contribution in [-0.4, -0.2) is 84.2 Å². The predicted molar refractivity (Wildman–Crippen MR) is 168 cm³/mol. The highest BCUT2D eigenvalue weighted by atomic mass is 32.2. The first-order chi connectivity index (χ1) is 25.6. The summed E-state index contributed by atoms with van der Waals surface area (Å²) in [5, 5.41) is 16.5. The highest BCUT2D eigenvalue weighted by molar-refractivity contribution is 7.88. The van der Waals surface area contributed by atoms with Crippen LogP contribution in [-0.2, 0) is 19.6 Å². The van der Waals surface area contributed by atoms with E-state index in [4.69, 9.17) is 9.47 Å². The number of hydrogen-bond acceptors (Lipinski definition) is 7. The highest BCUT2D eigenvalue weighted by Gasteiger charge is 2.86. The fourth-order valence-corrected chi connectivity index (χ4v) is 10.6. The molecule has 2 N–H and O–H groups in total.